The van der Waals surface area contributed by atoms with Crippen LogP contribution in [0.5, 0.6) is 5.75 Å². The maximum atomic E-state index is 5.49. The van der Waals surface area contributed by atoms with Crippen LogP contribution >= 0.6 is 0 Å². The molecule has 0 aliphatic heterocycles. The van der Waals surface area contributed by atoms with E-state index in [1.54, 1.807) is 7.11 Å². The summed E-state index contributed by atoms with van der Waals surface area (Å²) in [6, 6.07) is 10.3. The largest absolute Gasteiger partial charge is 0.496 e. The van der Waals surface area contributed by atoms with Crippen LogP contribution in [0.2, 0.25) is 25.7 Å². The first-order chi connectivity index (χ1) is 9.31. The molecule has 0 aliphatic rings. The maximum absolute atomic E-state index is 5.49. The van der Waals surface area contributed by atoms with Crippen molar-refractivity contribution in [3.8, 4) is 5.75 Å². The lowest BCUT2D eigenvalue weighted by molar-refractivity contribution is 0.402. The summed E-state index contributed by atoms with van der Waals surface area (Å²) in [5, 5.41) is 3.61. The molecule has 1 aromatic rings. The molecule has 0 aliphatic carbocycles. The Bertz CT molecular complexity index is 398. The molecule has 0 saturated carbocycles. The number of rotatable bonds is 8. The SMILES string of the molecule is COc1ccccc1CC(CNC(C)C)C[Si](C)(C)C. The highest BCUT2D eigenvalue weighted by atomic mass is 28.3. The van der Waals surface area contributed by atoms with Crippen molar-refractivity contribution in [2.45, 2.75) is 52.0 Å². The van der Waals surface area contributed by atoms with E-state index < -0.39 is 8.07 Å². The third-order valence-corrected chi connectivity index (χ3v) is 5.22. The van der Waals surface area contributed by atoms with E-state index in [1.807, 2.05) is 6.07 Å². The fourth-order valence-corrected chi connectivity index (χ4v) is 4.69. The van der Waals surface area contributed by atoms with Crippen molar-refractivity contribution in [3.63, 3.8) is 0 Å². The summed E-state index contributed by atoms with van der Waals surface area (Å²) in [7, 11) is 0.708. The summed E-state index contributed by atoms with van der Waals surface area (Å²) in [4.78, 5) is 0. The molecule has 0 radical (unpaired) electrons. The Morgan fingerprint density at radius 2 is 1.80 bits per heavy atom. The summed E-state index contributed by atoms with van der Waals surface area (Å²) in [5.74, 6) is 1.72. The van der Waals surface area contributed by atoms with Gasteiger partial charge in [0.25, 0.3) is 0 Å². The molecule has 2 nitrogen and oxygen atoms in total. The molecule has 1 atom stereocenters. The first-order valence-electron chi connectivity index (χ1n) is 7.67. The van der Waals surface area contributed by atoms with Gasteiger partial charge in [-0.1, -0.05) is 57.7 Å². The molecule has 3 heteroatoms. The lowest BCUT2D eigenvalue weighted by Gasteiger charge is -2.26. The van der Waals surface area contributed by atoms with Gasteiger partial charge in [-0.05, 0) is 30.5 Å². The summed E-state index contributed by atoms with van der Waals surface area (Å²) in [6.45, 7) is 12.9. The third-order valence-electron chi connectivity index (χ3n) is 3.42. The average Bonchev–Trinajstić information content (AvgIpc) is 2.35. The van der Waals surface area contributed by atoms with E-state index in [2.05, 4.69) is 57.0 Å². The molecule has 0 bridgehead atoms. The number of para-hydroxylation sites is 1. The van der Waals surface area contributed by atoms with Gasteiger partial charge in [-0.2, -0.15) is 0 Å². The van der Waals surface area contributed by atoms with Crippen LogP contribution in [0, 0.1) is 5.92 Å². The van der Waals surface area contributed by atoms with Gasteiger partial charge in [0.15, 0.2) is 0 Å². The smallest absolute Gasteiger partial charge is 0.122 e. The second kappa shape index (κ2) is 7.84. The van der Waals surface area contributed by atoms with Crippen LogP contribution in [-0.2, 0) is 6.42 Å². The van der Waals surface area contributed by atoms with E-state index in [-0.39, 0.29) is 0 Å². The molecule has 0 saturated heterocycles. The predicted octanol–water partition coefficient (Wildman–Crippen LogP) is 4.19. The van der Waals surface area contributed by atoms with Crippen LogP contribution in [0.4, 0.5) is 0 Å². The fourth-order valence-electron chi connectivity index (χ4n) is 2.67. The minimum Gasteiger partial charge on any atom is -0.496 e. The lowest BCUT2D eigenvalue weighted by Crippen LogP contribution is -2.34. The predicted molar refractivity (Wildman–Crippen MR) is 91.5 cm³/mol. The third kappa shape index (κ3) is 6.57. The zero-order valence-electron chi connectivity index (χ0n) is 14.0. The number of ether oxygens (including phenoxy) is 1. The Hall–Kier alpha value is -0.803. The number of nitrogens with one attached hydrogen (secondary N) is 1. The Morgan fingerprint density at radius 3 is 2.35 bits per heavy atom. The molecule has 0 spiro atoms. The fraction of sp³-hybridized carbons (Fsp3) is 0.647. The van der Waals surface area contributed by atoms with Gasteiger partial charge in [0.05, 0.1) is 7.11 Å². The average molecular weight is 294 g/mol. The van der Waals surface area contributed by atoms with Crippen molar-refractivity contribution in [2.75, 3.05) is 13.7 Å². The summed E-state index contributed by atoms with van der Waals surface area (Å²) in [6.07, 6.45) is 1.11. The second-order valence-electron chi connectivity index (χ2n) is 7.21. The molecular weight excluding hydrogens is 262 g/mol. The molecule has 1 rings (SSSR count). The number of benzene rings is 1. The van der Waals surface area contributed by atoms with Gasteiger partial charge in [0.1, 0.15) is 5.75 Å². The molecule has 0 amide bonds. The van der Waals surface area contributed by atoms with Crippen molar-refractivity contribution in [3.05, 3.63) is 29.8 Å². The van der Waals surface area contributed by atoms with Crippen LogP contribution in [0.3, 0.4) is 0 Å². The minimum absolute atomic E-state index is 0.553. The van der Waals surface area contributed by atoms with Crippen LogP contribution in [-0.4, -0.2) is 27.8 Å². The maximum Gasteiger partial charge on any atom is 0.122 e. The van der Waals surface area contributed by atoms with Crippen LogP contribution in [0.25, 0.3) is 0 Å². The monoisotopic (exact) mass is 293 g/mol. The molecule has 0 fully saturated rings. The normalized spacial score (nSPS) is 13.6. The van der Waals surface area contributed by atoms with E-state index >= 15 is 0 Å². The molecular formula is C17H31NOSi. The van der Waals surface area contributed by atoms with Gasteiger partial charge in [-0.15, -0.1) is 0 Å². The summed E-state index contributed by atoms with van der Waals surface area (Å²) < 4.78 is 5.49. The minimum atomic E-state index is -1.05. The highest BCUT2D eigenvalue weighted by molar-refractivity contribution is 6.76. The highest BCUT2D eigenvalue weighted by Crippen LogP contribution is 2.25. The van der Waals surface area contributed by atoms with Gasteiger partial charge in [0.2, 0.25) is 0 Å². The van der Waals surface area contributed by atoms with Crippen molar-refractivity contribution in [1.82, 2.24) is 5.32 Å². The molecule has 1 aromatic carbocycles. The Morgan fingerprint density at radius 1 is 1.15 bits per heavy atom. The Labute approximate surface area is 125 Å². The molecule has 0 heterocycles. The van der Waals surface area contributed by atoms with E-state index in [9.17, 15) is 0 Å². The summed E-state index contributed by atoms with van der Waals surface area (Å²) in [5.41, 5.74) is 1.34. The Kier molecular flexibility index (Phi) is 6.76. The molecule has 114 valence electrons. The molecule has 0 aromatic heterocycles. The Balaban J connectivity index is 2.77. The first-order valence-corrected chi connectivity index (χ1v) is 11.4. The molecule has 1 unspecified atom stereocenters. The van der Waals surface area contributed by atoms with Crippen molar-refractivity contribution < 1.29 is 4.74 Å². The number of hydrogen-bond donors (Lipinski definition) is 1. The second-order valence-corrected chi connectivity index (χ2v) is 12.7. The van der Waals surface area contributed by atoms with Gasteiger partial charge in [-0.3, -0.25) is 0 Å². The topological polar surface area (TPSA) is 21.3 Å². The van der Waals surface area contributed by atoms with Crippen LogP contribution in [0.15, 0.2) is 24.3 Å². The van der Waals surface area contributed by atoms with E-state index in [0.29, 0.717) is 12.0 Å². The zero-order valence-corrected chi connectivity index (χ0v) is 15.0. The van der Waals surface area contributed by atoms with E-state index in [1.165, 1.54) is 11.6 Å². The first kappa shape index (κ1) is 17.2. The van der Waals surface area contributed by atoms with Crippen molar-refractivity contribution >= 4 is 8.07 Å². The van der Waals surface area contributed by atoms with Gasteiger partial charge >= 0.3 is 0 Å². The molecule has 1 N–H and O–H groups in total. The van der Waals surface area contributed by atoms with Gasteiger partial charge in [-0.25, -0.2) is 0 Å². The van der Waals surface area contributed by atoms with Crippen LogP contribution in [0.1, 0.15) is 19.4 Å². The standard InChI is InChI=1S/C17H31NOSi/c1-14(2)18-12-15(13-20(4,5)6)11-16-9-7-8-10-17(16)19-3/h7-10,14-15,18H,11-13H2,1-6H3. The molecule has 20 heavy (non-hydrogen) atoms. The lowest BCUT2D eigenvalue weighted by atomic mass is 10.00. The van der Waals surface area contributed by atoms with Gasteiger partial charge < -0.3 is 10.1 Å². The van der Waals surface area contributed by atoms with Crippen molar-refractivity contribution in [1.29, 1.82) is 0 Å². The van der Waals surface area contributed by atoms with E-state index in [0.717, 1.165) is 18.7 Å². The zero-order chi connectivity index (χ0) is 15.2. The number of hydrogen-bond acceptors (Lipinski definition) is 2. The van der Waals surface area contributed by atoms with Gasteiger partial charge in [0, 0.05) is 14.1 Å². The quantitative estimate of drug-likeness (QED) is 0.726. The highest BCUT2D eigenvalue weighted by Gasteiger charge is 2.21. The summed E-state index contributed by atoms with van der Waals surface area (Å²) >= 11 is 0. The number of methoxy groups -OCH3 is 1. The van der Waals surface area contributed by atoms with Crippen molar-refractivity contribution in [2.24, 2.45) is 5.92 Å². The van der Waals surface area contributed by atoms with Crippen LogP contribution < -0.4 is 10.1 Å². The van der Waals surface area contributed by atoms with E-state index in [4.69, 9.17) is 4.74 Å².